The number of esters is 1. The summed E-state index contributed by atoms with van der Waals surface area (Å²) >= 11 is 1.33. The highest BCUT2D eigenvalue weighted by atomic mass is 32.1. The molecule has 4 nitrogen and oxygen atoms in total. The average molecular weight is 465 g/mol. The highest BCUT2D eigenvalue weighted by Gasteiger charge is 2.32. The first-order valence-electron chi connectivity index (χ1n) is 10.1. The van der Waals surface area contributed by atoms with E-state index in [0.717, 1.165) is 41.0 Å². The van der Waals surface area contributed by atoms with E-state index in [1.165, 1.54) is 17.4 Å². The first-order chi connectivity index (χ1) is 15.3. The highest BCUT2D eigenvalue weighted by molar-refractivity contribution is 7.22. The third-order valence-corrected chi connectivity index (χ3v) is 5.82. The molecule has 0 atom stereocenters. The molecule has 170 valence electrons. The fourth-order valence-electron chi connectivity index (χ4n) is 3.16. The molecule has 0 amide bonds. The standard InChI is InChI=1S/C24H23F3O4S/c1-3-5-6-7-16-8-11-19(20(12-16)31-24(25,26)27)22-13-17-9-10-18(14-21(17)32-22)29-15-30-23(28)4-2/h4,8-14H,2-3,5-7,15H2,1H3. The molecule has 1 heterocycles. The molecule has 32 heavy (non-hydrogen) atoms. The van der Waals surface area contributed by atoms with E-state index in [9.17, 15) is 18.0 Å². The first-order valence-corrected chi connectivity index (χ1v) is 11.0. The van der Waals surface area contributed by atoms with Crippen molar-refractivity contribution in [2.75, 3.05) is 6.79 Å². The molecule has 2 aromatic carbocycles. The monoisotopic (exact) mass is 464 g/mol. The van der Waals surface area contributed by atoms with Gasteiger partial charge in [-0.05, 0) is 60.2 Å². The van der Waals surface area contributed by atoms with Gasteiger partial charge >= 0.3 is 12.3 Å². The van der Waals surface area contributed by atoms with Crippen LogP contribution in [0, 0.1) is 0 Å². The molecule has 8 heteroatoms. The van der Waals surface area contributed by atoms with Gasteiger partial charge in [0.05, 0.1) is 0 Å². The number of halogens is 3. The number of carbonyl (C=O) groups excluding carboxylic acids is 1. The Morgan fingerprint density at radius 2 is 1.94 bits per heavy atom. The number of hydrogen-bond donors (Lipinski definition) is 0. The van der Waals surface area contributed by atoms with Crippen LogP contribution in [0.1, 0.15) is 31.7 Å². The SMILES string of the molecule is C=CC(=O)OCOc1ccc2cc(-c3ccc(CCCCC)cc3OC(F)(F)F)sc2c1. The molecule has 0 radical (unpaired) electrons. The Morgan fingerprint density at radius 3 is 2.66 bits per heavy atom. The zero-order chi connectivity index (χ0) is 23.1. The fraction of sp³-hybridized carbons (Fsp3) is 0.292. The fourth-order valence-corrected chi connectivity index (χ4v) is 4.28. The van der Waals surface area contributed by atoms with Gasteiger partial charge < -0.3 is 14.2 Å². The second-order valence-electron chi connectivity index (χ2n) is 7.08. The molecule has 0 unspecified atom stereocenters. The molecular formula is C24H23F3O4S. The van der Waals surface area contributed by atoms with Gasteiger partial charge in [-0.2, -0.15) is 0 Å². The summed E-state index contributed by atoms with van der Waals surface area (Å²) in [5.74, 6) is -0.327. The number of rotatable bonds is 10. The highest BCUT2D eigenvalue weighted by Crippen LogP contribution is 2.41. The Balaban J connectivity index is 1.87. The normalized spacial score (nSPS) is 11.4. The molecule has 0 N–H and O–H groups in total. The lowest BCUT2D eigenvalue weighted by Crippen LogP contribution is -2.17. The summed E-state index contributed by atoms with van der Waals surface area (Å²) < 4.78 is 54.5. The van der Waals surface area contributed by atoms with E-state index in [1.807, 2.05) is 12.1 Å². The molecular weight excluding hydrogens is 441 g/mol. The number of benzene rings is 2. The van der Waals surface area contributed by atoms with Gasteiger partial charge in [0, 0.05) is 21.2 Å². The van der Waals surface area contributed by atoms with Gasteiger partial charge in [-0.1, -0.05) is 32.4 Å². The Hall–Kier alpha value is -3.00. The second kappa shape index (κ2) is 10.5. The minimum atomic E-state index is -4.78. The van der Waals surface area contributed by atoms with Crippen LogP contribution in [-0.4, -0.2) is 19.1 Å². The van der Waals surface area contributed by atoms with Gasteiger partial charge in [-0.15, -0.1) is 24.5 Å². The van der Waals surface area contributed by atoms with E-state index in [1.54, 1.807) is 24.3 Å². The number of carbonyl (C=O) groups is 1. The molecule has 1 aromatic heterocycles. The summed E-state index contributed by atoms with van der Waals surface area (Å²) in [5.41, 5.74) is 1.19. The lowest BCUT2D eigenvalue weighted by molar-refractivity contribution is -0.274. The largest absolute Gasteiger partial charge is 0.573 e. The van der Waals surface area contributed by atoms with E-state index in [4.69, 9.17) is 9.47 Å². The molecule has 0 spiro atoms. The zero-order valence-corrected chi connectivity index (χ0v) is 18.4. The molecule has 0 aliphatic heterocycles. The Bertz CT molecular complexity index is 1090. The Kier molecular flexibility index (Phi) is 7.80. The minimum Gasteiger partial charge on any atom is -0.457 e. The molecule has 0 bridgehead atoms. The molecule has 0 aliphatic carbocycles. The van der Waals surface area contributed by atoms with Gasteiger partial charge in [-0.3, -0.25) is 0 Å². The van der Waals surface area contributed by atoms with Crippen molar-refractivity contribution in [3.05, 3.63) is 60.7 Å². The van der Waals surface area contributed by atoms with E-state index >= 15 is 0 Å². The minimum absolute atomic E-state index is 0.203. The quantitative estimate of drug-likeness (QED) is 0.137. The van der Waals surface area contributed by atoms with Crippen molar-refractivity contribution in [2.24, 2.45) is 0 Å². The summed E-state index contributed by atoms with van der Waals surface area (Å²) in [6, 6.07) is 12.1. The van der Waals surface area contributed by atoms with Gasteiger partial charge in [0.2, 0.25) is 6.79 Å². The number of ether oxygens (including phenoxy) is 3. The van der Waals surface area contributed by atoms with Crippen LogP contribution in [0.2, 0.25) is 0 Å². The number of aryl methyl sites for hydroxylation is 1. The predicted molar refractivity (Wildman–Crippen MR) is 119 cm³/mol. The van der Waals surface area contributed by atoms with Crippen molar-refractivity contribution < 1.29 is 32.2 Å². The van der Waals surface area contributed by atoms with Crippen LogP contribution in [0.4, 0.5) is 13.2 Å². The summed E-state index contributed by atoms with van der Waals surface area (Å²) in [5, 5.41) is 0.852. The maximum Gasteiger partial charge on any atom is 0.573 e. The van der Waals surface area contributed by atoms with Crippen LogP contribution in [0.15, 0.2) is 55.1 Å². The predicted octanol–water partition coefficient (Wildman–Crippen LogP) is 7.27. The molecule has 3 aromatic rings. The Labute approximate surface area is 188 Å². The van der Waals surface area contributed by atoms with Crippen LogP contribution in [-0.2, 0) is 16.0 Å². The zero-order valence-electron chi connectivity index (χ0n) is 17.5. The van der Waals surface area contributed by atoms with Crippen molar-refractivity contribution in [1.82, 2.24) is 0 Å². The van der Waals surface area contributed by atoms with E-state index < -0.39 is 12.3 Å². The van der Waals surface area contributed by atoms with Crippen LogP contribution in [0.5, 0.6) is 11.5 Å². The third-order valence-electron chi connectivity index (χ3n) is 4.69. The number of unbranched alkanes of at least 4 members (excludes halogenated alkanes) is 2. The summed E-state index contributed by atoms with van der Waals surface area (Å²) in [7, 11) is 0. The Morgan fingerprint density at radius 1 is 1.12 bits per heavy atom. The second-order valence-corrected chi connectivity index (χ2v) is 8.16. The number of hydrogen-bond acceptors (Lipinski definition) is 5. The van der Waals surface area contributed by atoms with E-state index in [0.29, 0.717) is 22.6 Å². The number of fused-ring (bicyclic) bond motifs is 1. The van der Waals surface area contributed by atoms with Crippen LogP contribution >= 0.6 is 11.3 Å². The molecule has 0 fully saturated rings. The molecule has 0 saturated carbocycles. The van der Waals surface area contributed by atoms with Crippen molar-refractivity contribution in [2.45, 2.75) is 39.0 Å². The third kappa shape index (κ3) is 6.50. The summed E-state index contributed by atoms with van der Waals surface area (Å²) in [6.45, 7) is 5.11. The van der Waals surface area contributed by atoms with Gasteiger partial charge in [0.15, 0.2) is 0 Å². The van der Waals surface area contributed by atoms with Crippen LogP contribution in [0.3, 0.4) is 0 Å². The van der Waals surface area contributed by atoms with Crippen molar-refractivity contribution in [1.29, 1.82) is 0 Å². The van der Waals surface area contributed by atoms with Crippen molar-refractivity contribution in [3.8, 4) is 21.9 Å². The number of alkyl halides is 3. The summed E-state index contributed by atoms with van der Waals surface area (Å²) in [4.78, 5) is 11.7. The van der Waals surface area contributed by atoms with Gasteiger partial charge in [-0.25, -0.2) is 4.79 Å². The molecule has 0 aliphatic rings. The maximum absolute atomic E-state index is 13.1. The maximum atomic E-state index is 13.1. The molecule has 3 rings (SSSR count). The van der Waals surface area contributed by atoms with E-state index in [2.05, 4.69) is 18.2 Å². The lowest BCUT2D eigenvalue weighted by Gasteiger charge is -2.14. The topological polar surface area (TPSA) is 44.8 Å². The van der Waals surface area contributed by atoms with Crippen LogP contribution < -0.4 is 9.47 Å². The van der Waals surface area contributed by atoms with Crippen molar-refractivity contribution in [3.63, 3.8) is 0 Å². The smallest absolute Gasteiger partial charge is 0.457 e. The van der Waals surface area contributed by atoms with Gasteiger partial charge in [0.25, 0.3) is 0 Å². The first kappa shape index (κ1) is 23.7. The average Bonchev–Trinajstić information content (AvgIpc) is 3.16. The molecule has 0 saturated heterocycles. The van der Waals surface area contributed by atoms with Crippen molar-refractivity contribution >= 4 is 27.4 Å². The number of thiophene rings is 1. The summed E-state index contributed by atoms with van der Waals surface area (Å²) in [6.07, 6.45) is -0.0784. The van der Waals surface area contributed by atoms with Crippen LogP contribution in [0.25, 0.3) is 20.5 Å². The lowest BCUT2D eigenvalue weighted by atomic mass is 10.0. The van der Waals surface area contributed by atoms with Gasteiger partial charge in [0.1, 0.15) is 11.5 Å². The van der Waals surface area contributed by atoms with E-state index in [-0.39, 0.29) is 12.5 Å².